The molecule has 3 aromatic carbocycles. The molecule has 0 aliphatic carbocycles. The molecule has 166 valence electrons. The number of nitriles is 1. The van der Waals surface area contributed by atoms with Crippen molar-refractivity contribution in [3.05, 3.63) is 72.3 Å². The van der Waals surface area contributed by atoms with Gasteiger partial charge in [0.05, 0.1) is 37.2 Å². The van der Waals surface area contributed by atoms with Gasteiger partial charge in [0, 0.05) is 23.1 Å². The van der Waals surface area contributed by atoms with E-state index < -0.39 is 0 Å². The lowest BCUT2D eigenvalue weighted by molar-refractivity contribution is 0.311. The Bertz CT molecular complexity index is 1310. The molecule has 0 saturated carbocycles. The molecule has 0 fully saturated rings. The van der Waals surface area contributed by atoms with Gasteiger partial charge >= 0.3 is 0 Å². The topological polar surface area (TPSA) is 87.4 Å². The first-order valence-corrected chi connectivity index (χ1v) is 10.8. The van der Waals surface area contributed by atoms with E-state index in [2.05, 4.69) is 11.4 Å². The van der Waals surface area contributed by atoms with Gasteiger partial charge in [-0.1, -0.05) is 42.5 Å². The average Bonchev–Trinajstić information content (AvgIpc) is 2.87. The van der Waals surface area contributed by atoms with E-state index in [9.17, 15) is 10.4 Å². The van der Waals surface area contributed by atoms with E-state index in [4.69, 9.17) is 14.5 Å². The Morgan fingerprint density at radius 2 is 1.79 bits per heavy atom. The Morgan fingerprint density at radius 3 is 2.48 bits per heavy atom. The zero-order chi connectivity index (χ0) is 23.2. The molecule has 6 heteroatoms. The van der Waals surface area contributed by atoms with Gasteiger partial charge < -0.3 is 19.9 Å². The van der Waals surface area contributed by atoms with Gasteiger partial charge in [-0.2, -0.15) is 5.26 Å². The average molecular weight is 440 g/mol. The van der Waals surface area contributed by atoms with Crippen LogP contribution in [0.15, 0.2) is 66.7 Å². The minimum atomic E-state index is -0.0536. The Kier molecular flexibility index (Phi) is 6.72. The molecule has 0 saturated heterocycles. The highest BCUT2D eigenvalue weighted by atomic mass is 16.5. The maximum absolute atomic E-state index is 10.0. The number of nitrogens with zero attached hydrogens (tertiary/aromatic N) is 2. The molecule has 0 aliphatic heterocycles. The number of aromatic nitrogens is 1. The standard InChI is InChI=1S/C27H25N3O3/c1-3-33-25-7-5-4-6-21(25)18-8-10-19(11-9-18)26-23(17-28)27(29-14-15-31)22-16-20(32-2)12-13-24(22)30-26/h4-13,16,31H,3,14-15H2,1-2H3,(H,29,30). The molecule has 2 N–H and O–H groups in total. The van der Waals surface area contributed by atoms with Crippen LogP contribution in [-0.2, 0) is 0 Å². The van der Waals surface area contributed by atoms with Crippen molar-refractivity contribution in [2.24, 2.45) is 0 Å². The van der Waals surface area contributed by atoms with Crippen molar-refractivity contribution in [3.8, 4) is 40.0 Å². The molecule has 0 bridgehead atoms. The van der Waals surface area contributed by atoms with Crippen LogP contribution in [0.5, 0.6) is 11.5 Å². The molecular formula is C27H25N3O3. The zero-order valence-electron chi connectivity index (χ0n) is 18.6. The first kappa shape index (κ1) is 22.1. The normalized spacial score (nSPS) is 10.6. The smallest absolute Gasteiger partial charge is 0.127 e. The Balaban J connectivity index is 1.83. The zero-order valence-corrected chi connectivity index (χ0v) is 18.6. The molecule has 0 atom stereocenters. The number of hydrogen-bond donors (Lipinski definition) is 2. The number of methoxy groups -OCH3 is 1. The lowest BCUT2D eigenvalue weighted by Gasteiger charge is -2.16. The molecule has 33 heavy (non-hydrogen) atoms. The number of nitrogens with one attached hydrogen (secondary N) is 1. The van der Waals surface area contributed by atoms with Crippen LogP contribution in [0.3, 0.4) is 0 Å². The first-order valence-electron chi connectivity index (χ1n) is 10.8. The predicted molar refractivity (Wildman–Crippen MR) is 131 cm³/mol. The fraction of sp³-hybridized carbons (Fsp3) is 0.185. The summed E-state index contributed by atoms with van der Waals surface area (Å²) in [5.74, 6) is 1.50. The molecule has 0 unspecified atom stereocenters. The summed E-state index contributed by atoms with van der Waals surface area (Å²) < 4.78 is 11.1. The van der Waals surface area contributed by atoms with Crippen LogP contribution in [0.4, 0.5) is 5.69 Å². The van der Waals surface area contributed by atoms with Gasteiger partial charge in [-0.3, -0.25) is 0 Å². The summed E-state index contributed by atoms with van der Waals surface area (Å²) in [4.78, 5) is 4.80. The van der Waals surface area contributed by atoms with Gasteiger partial charge in [-0.05, 0) is 36.8 Å². The number of hydrogen-bond acceptors (Lipinski definition) is 6. The molecule has 6 nitrogen and oxygen atoms in total. The third kappa shape index (κ3) is 4.45. The third-order valence-corrected chi connectivity index (χ3v) is 5.37. The van der Waals surface area contributed by atoms with Gasteiger partial charge in [0.1, 0.15) is 23.1 Å². The largest absolute Gasteiger partial charge is 0.497 e. The SMILES string of the molecule is CCOc1ccccc1-c1ccc(-c2nc3ccc(OC)cc3c(NCCO)c2C#N)cc1. The number of pyridine rings is 1. The van der Waals surface area contributed by atoms with Gasteiger partial charge in [0.25, 0.3) is 0 Å². The number of fused-ring (bicyclic) bond motifs is 1. The van der Waals surface area contributed by atoms with Crippen LogP contribution in [0, 0.1) is 11.3 Å². The molecule has 1 heterocycles. The van der Waals surface area contributed by atoms with E-state index in [-0.39, 0.29) is 6.61 Å². The van der Waals surface area contributed by atoms with Gasteiger partial charge in [0.15, 0.2) is 0 Å². The fourth-order valence-corrected chi connectivity index (χ4v) is 3.85. The highest BCUT2D eigenvalue weighted by molar-refractivity contribution is 5.98. The highest BCUT2D eigenvalue weighted by Gasteiger charge is 2.17. The number of para-hydroxylation sites is 1. The molecule has 4 aromatic rings. The quantitative estimate of drug-likeness (QED) is 0.390. The Morgan fingerprint density at radius 1 is 1.03 bits per heavy atom. The summed E-state index contributed by atoms with van der Waals surface area (Å²) in [6, 6.07) is 23.7. The second kappa shape index (κ2) is 10.0. The minimum Gasteiger partial charge on any atom is -0.497 e. The van der Waals surface area contributed by atoms with Crippen LogP contribution in [0.25, 0.3) is 33.3 Å². The van der Waals surface area contributed by atoms with Gasteiger partial charge in [0.2, 0.25) is 0 Å². The predicted octanol–water partition coefficient (Wildman–Crippen LogP) is 5.25. The monoisotopic (exact) mass is 439 g/mol. The van der Waals surface area contributed by atoms with Gasteiger partial charge in [-0.15, -0.1) is 0 Å². The van der Waals surface area contributed by atoms with Crippen molar-refractivity contribution < 1.29 is 14.6 Å². The van der Waals surface area contributed by atoms with E-state index in [1.54, 1.807) is 7.11 Å². The number of aliphatic hydroxyl groups is 1. The van der Waals surface area contributed by atoms with Crippen molar-refractivity contribution >= 4 is 16.6 Å². The Hall–Kier alpha value is -4.08. The third-order valence-electron chi connectivity index (χ3n) is 5.37. The number of ether oxygens (including phenoxy) is 2. The second-order valence-electron chi connectivity index (χ2n) is 7.36. The van der Waals surface area contributed by atoms with Crippen LogP contribution < -0.4 is 14.8 Å². The summed E-state index contributed by atoms with van der Waals surface area (Å²) in [6.45, 7) is 2.82. The summed E-state index contributed by atoms with van der Waals surface area (Å²) in [5.41, 5.74) is 5.23. The maximum Gasteiger partial charge on any atom is 0.127 e. The van der Waals surface area contributed by atoms with Crippen LogP contribution in [-0.4, -0.2) is 37.0 Å². The van der Waals surface area contributed by atoms with Crippen LogP contribution in [0.1, 0.15) is 12.5 Å². The molecule has 4 rings (SSSR count). The summed E-state index contributed by atoms with van der Waals surface area (Å²) in [6.07, 6.45) is 0. The van der Waals surface area contributed by atoms with E-state index in [1.807, 2.05) is 73.7 Å². The van der Waals surface area contributed by atoms with Crippen molar-refractivity contribution in [2.45, 2.75) is 6.92 Å². The lowest BCUT2D eigenvalue weighted by Crippen LogP contribution is -2.09. The Labute approximate surface area is 193 Å². The number of rotatable bonds is 8. The van der Waals surface area contributed by atoms with Crippen LogP contribution in [0.2, 0.25) is 0 Å². The molecule has 1 aromatic heterocycles. The van der Waals surface area contributed by atoms with E-state index >= 15 is 0 Å². The van der Waals surface area contributed by atoms with E-state index in [1.165, 1.54) is 0 Å². The number of aliphatic hydroxyl groups excluding tert-OH is 1. The molecule has 0 aliphatic rings. The number of benzene rings is 3. The lowest BCUT2D eigenvalue weighted by atomic mass is 9.98. The summed E-state index contributed by atoms with van der Waals surface area (Å²) in [7, 11) is 1.60. The van der Waals surface area contributed by atoms with Crippen molar-refractivity contribution in [1.29, 1.82) is 5.26 Å². The second-order valence-corrected chi connectivity index (χ2v) is 7.36. The van der Waals surface area contributed by atoms with E-state index in [0.29, 0.717) is 35.8 Å². The molecule has 0 amide bonds. The van der Waals surface area contributed by atoms with Gasteiger partial charge in [-0.25, -0.2) is 4.98 Å². The maximum atomic E-state index is 10.0. The highest BCUT2D eigenvalue weighted by Crippen LogP contribution is 2.37. The summed E-state index contributed by atoms with van der Waals surface area (Å²) in [5, 5.41) is 23.3. The van der Waals surface area contributed by atoms with Crippen LogP contribution >= 0.6 is 0 Å². The molecular weight excluding hydrogens is 414 g/mol. The summed E-state index contributed by atoms with van der Waals surface area (Å²) >= 11 is 0. The van der Waals surface area contributed by atoms with E-state index in [0.717, 1.165) is 33.3 Å². The fourth-order valence-electron chi connectivity index (χ4n) is 3.85. The molecule has 0 radical (unpaired) electrons. The molecule has 0 spiro atoms. The van der Waals surface area contributed by atoms with Crippen molar-refractivity contribution in [2.75, 3.05) is 32.2 Å². The minimum absolute atomic E-state index is 0.0536. The first-order chi connectivity index (χ1) is 16.2. The van der Waals surface area contributed by atoms with Crippen molar-refractivity contribution in [1.82, 2.24) is 4.98 Å². The van der Waals surface area contributed by atoms with Crippen molar-refractivity contribution in [3.63, 3.8) is 0 Å². The number of anilines is 1.